The topological polar surface area (TPSA) is 95.7 Å². The number of nitrogens with two attached hydrogens (primary N) is 1. The van der Waals surface area contributed by atoms with Crippen LogP contribution >= 0.6 is 0 Å². The molecule has 0 aromatic carbocycles. The normalized spacial score (nSPS) is 15.8. The van der Waals surface area contributed by atoms with Gasteiger partial charge in [-0.2, -0.15) is 0 Å². The molecule has 1 saturated carbocycles. The molecular formula is C8H10N6O. The van der Waals surface area contributed by atoms with Crippen molar-refractivity contribution in [2.75, 3.05) is 5.73 Å². The molecule has 2 heterocycles. The van der Waals surface area contributed by atoms with E-state index >= 15 is 0 Å². The number of rotatable bonds is 2. The lowest BCUT2D eigenvalue weighted by Crippen LogP contribution is -2.01. The number of aryl methyl sites for hydroxylation is 1. The molecule has 0 unspecified atom stereocenters. The second-order valence-corrected chi connectivity index (χ2v) is 3.67. The first kappa shape index (κ1) is 8.39. The fourth-order valence-electron chi connectivity index (χ4n) is 1.65. The average Bonchev–Trinajstić information content (AvgIpc) is 2.85. The van der Waals surface area contributed by atoms with E-state index in [9.17, 15) is 0 Å². The molecule has 2 aromatic rings. The molecule has 0 aliphatic heterocycles. The van der Waals surface area contributed by atoms with Gasteiger partial charge in [-0.25, -0.2) is 4.63 Å². The zero-order valence-electron chi connectivity index (χ0n) is 8.21. The molecule has 15 heavy (non-hydrogen) atoms. The molecule has 0 saturated heterocycles. The van der Waals surface area contributed by atoms with Crippen LogP contribution in [0.25, 0.3) is 11.5 Å². The van der Waals surface area contributed by atoms with Gasteiger partial charge < -0.3 is 10.3 Å². The van der Waals surface area contributed by atoms with E-state index < -0.39 is 0 Å². The van der Waals surface area contributed by atoms with Gasteiger partial charge in [0.15, 0.2) is 17.3 Å². The summed E-state index contributed by atoms with van der Waals surface area (Å²) in [5, 5.41) is 15.3. The molecule has 2 aromatic heterocycles. The first-order valence-corrected chi connectivity index (χ1v) is 4.77. The number of nitrogen functional groups attached to an aromatic ring is 1. The van der Waals surface area contributed by atoms with Crippen LogP contribution in [0.4, 0.5) is 5.82 Å². The smallest absolute Gasteiger partial charge is 0.199 e. The van der Waals surface area contributed by atoms with E-state index in [1.807, 2.05) is 11.5 Å². The van der Waals surface area contributed by atoms with E-state index in [4.69, 9.17) is 5.73 Å². The minimum Gasteiger partial charge on any atom is -0.379 e. The van der Waals surface area contributed by atoms with Gasteiger partial charge in [-0.1, -0.05) is 0 Å². The Labute approximate surface area is 85.2 Å². The van der Waals surface area contributed by atoms with Crippen molar-refractivity contribution in [2.24, 2.45) is 0 Å². The Hall–Kier alpha value is -1.92. The fraction of sp³-hybridized carbons (Fsp3) is 0.500. The van der Waals surface area contributed by atoms with Crippen LogP contribution < -0.4 is 5.73 Å². The Morgan fingerprint density at radius 1 is 1.33 bits per heavy atom. The van der Waals surface area contributed by atoms with E-state index in [-0.39, 0.29) is 5.82 Å². The van der Waals surface area contributed by atoms with Crippen LogP contribution in [0.2, 0.25) is 0 Å². The van der Waals surface area contributed by atoms with Gasteiger partial charge in [0, 0.05) is 6.04 Å². The summed E-state index contributed by atoms with van der Waals surface area (Å²) in [5.41, 5.74) is 6.10. The van der Waals surface area contributed by atoms with E-state index in [1.54, 1.807) is 0 Å². The van der Waals surface area contributed by atoms with Gasteiger partial charge in [-0.05, 0) is 30.1 Å². The molecule has 0 atom stereocenters. The Balaban J connectivity index is 2.15. The Bertz CT molecular complexity index is 497. The molecule has 0 radical (unpaired) electrons. The summed E-state index contributed by atoms with van der Waals surface area (Å²) in [7, 11) is 0. The van der Waals surface area contributed by atoms with Gasteiger partial charge >= 0.3 is 0 Å². The van der Waals surface area contributed by atoms with Crippen molar-refractivity contribution in [3.63, 3.8) is 0 Å². The van der Waals surface area contributed by atoms with Crippen molar-refractivity contribution in [3.8, 4) is 11.5 Å². The van der Waals surface area contributed by atoms with Gasteiger partial charge in [0.1, 0.15) is 5.82 Å². The molecule has 7 nitrogen and oxygen atoms in total. The lowest BCUT2D eigenvalue weighted by molar-refractivity contribution is 0.310. The maximum absolute atomic E-state index is 5.62. The van der Waals surface area contributed by atoms with E-state index in [1.165, 1.54) is 0 Å². The fourth-order valence-corrected chi connectivity index (χ4v) is 1.65. The largest absolute Gasteiger partial charge is 0.379 e. The van der Waals surface area contributed by atoms with Crippen molar-refractivity contribution in [1.82, 2.24) is 25.1 Å². The second kappa shape index (κ2) is 2.78. The summed E-state index contributed by atoms with van der Waals surface area (Å²) in [6.07, 6.45) is 2.30. The van der Waals surface area contributed by atoms with Crippen molar-refractivity contribution < 1.29 is 4.63 Å². The SMILES string of the molecule is Cc1nnc(-c2nonc2N)n1C1CC1. The summed E-state index contributed by atoms with van der Waals surface area (Å²) in [6, 6.07) is 0.478. The second-order valence-electron chi connectivity index (χ2n) is 3.67. The van der Waals surface area contributed by atoms with Crippen LogP contribution in [0.5, 0.6) is 0 Å². The molecule has 1 fully saturated rings. The minimum absolute atomic E-state index is 0.254. The van der Waals surface area contributed by atoms with Crippen molar-refractivity contribution in [1.29, 1.82) is 0 Å². The maximum Gasteiger partial charge on any atom is 0.199 e. The first-order chi connectivity index (χ1) is 7.27. The minimum atomic E-state index is 0.254. The quantitative estimate of drug-likeness (QED) is 0.770. The lowest BCUT2D eigenvalue weighted by Gasteiger charge is -2.03. The molecule has 7 heteroatoms. The average molecular weight is 206 g/mol. The van der Waals surface area contributed by atoms with Crippen molar-refractivity contribution in [2.45, 2.75) is 25.8 Å². The number of aromatic nitrogens is 5. The van der Waals surface area contributed by atoms with Crippen molar-refractivity contribution in [3.05, 3.63) is 5.82 Å². The molecular weight excluding hydrogens is 196 g/mol. The van der Waals surface area contributed by atoms with Gasteiger partial charge in [-0.3, -0.25) is 0 Å². The van der Waals surface area contributed by atoms with Crippen molar-refractivity contribution >= 4 is 5.82 Å². The number of anilines is 1. The third-order valence-corrected chi connectivity index (χ3v) is 2.50. The van der Waals surface area contributed by atoms with Gasteiger partial charge in [0.25, 0.3) is 0 Å². The van der Waals surface area contributed by atoms with Gasteiger partial charge in [0.05, 0.1) is 0 Å². The molecule has 1 aliphatic carbocycles. The highest BCUT2D eigenvalue weighted by Gasteiger charge is 2.30. The maximum atomic E-state index is 5.62. The summed E-state index contributed by atoms with van der Waals surface area (Å²) < 4.78 is 6.60. The highest BCUT2D eigenvalue weighted by molar-refractivity contribution is 5.62. The first-order valence-electron chi connectivity index (χ1n) is 4.77. The van der Waals surface area contributed by atoms with Gasteiger partial charge in [0.2, 0.25) is 0 Å². The summed E-state index contributed by atoms with van der Waals surface area (Å²) in [4.78, 5) is 0. The number of nitrogens with zero attached hydrogens (tertiary/aromatic N) is 5. The molecule has 1 aliphatic rings. The molecule has 3 rings (SSSR count). The van der Waals surface area contributed by atoms with Crippen LogP contribution in [-0.4, -0.2) is 25.1 Å². The Morgan fingerprint density at radius 3 is 2.73 bits per heavy atom. The number of hydrogen-bond acceptors (Lipinski definition) is 6. The molecule has 0 spiro atoms. The summed E-state index contributed by atoms with van der Waals surface area (Å²) in [6.45, 7) is 1.92. The third-order valence-electron chi connectivity index (χ3n) is 2.50. The zero-order valence-corrected chi connectivity index (χ0v) is 8.21. The van der Waals surface area contributed by atoms with Crippen LogP contribution in [0, 0.1) is 6.92 Å². The van der Waals surface area contributed by atoms with Crippen LogP contribution in [0.15, 0.2) is 4.63 Å². The molecule has 78 valence electrons. The van der Waals surface area contributed by atoms with Crippen LogP contribution in [0.1, 0.15) is 24.7 Å². The molecule has 0 bridgehead atoms. The lowest BCUT2D eigenvalue weighted by atomic mass is 10.4. The highest BCUT2D eigenvalue weighted by Crippen LogP contribution is 2.38. The predicted molar refractivity (Wildman–Crippen MR) is 50.7 cm³/mol. The molecule has 2 N–H and O–H groups in total. The van der Waals surface area contributed by atoms with Crippen LogP contribution in [-0.2, 0) is 0 Å². The van der Waals surface area contributed by atoms with E-state index in [0.29, 0.717) is 17.6 Å². The Morgan fingerprint density at radius 2 is 2.13 bits per heavy atom. The molecule has 0 amide bonds. The third kappa shape index (κ3) is 1.19. The van der Waals surface area contributed by atoms with Crippen LogP contribution in [0.3, 0.4) is 0 Å². The summed E-state index contributed by atoms with van der Waals surface area (Å²) in [5.74, 6) is 1.77. The summed E-state index contributed by atoms with van der Waals surface area (Å²) >= 11 is 0. The predicted octanol–water partition coefficient (Wildman–Crippen LogP) is 0.554. The highest BCUT2D eigenvalue weighted by atomic mass is 16.6. The monoisotopic (exact) mass is 206 g/mol. The standard InChI is InChI=1S/C8H10N6O/c1-4-10-11-8(14(4)5-2-3-5)6-7(9)13-15-12-6/h5H,2-3H2,1H3,(H2,9,13). The van der Waals surface area contributed by atoms with Gasteiger partial charge in [-0.15, -0.1) is 10.2 Å². The van der Waals surface area contributed by atoms with E-state index in [2.05, 4.69) is 25.1 Å². The Kier molecular flexibility index (Phi) is 1.56. The number of hydrogen-bond donors (Lipinski definition) is 1. The van der Waals surface area contributed by atoms with E-state index in [0.717, 1.165) is 18.7 Å². The zero-order chi connectivity index (χ0) is 10.4.